The minimum Gasteiger partial charge on any atom is -0.490 e. The highest BCUT2D eigenvalue weighted by Crippen LogP contribution is 2.30. The Morgan fingerprint density at radius 3 is 2.42 bits per heavy atom. The molecule has 0 unspecified atom stereocenters. The van der Waals surface area contributed by atoms with E-state index < -0.39 is 16.9 Å². The number of benzene rings is 3. The van der Waals surface area contributed by atoms with Gasteiger partial charge in [0.1, 0.15) is 11.8 Å². The van der Waals surface area contributed by atoms with E-state index in [0.29, 0.717) is 13.0 Å². The fourth-order valence-corrected chi connectivity index (χ4v) is 4.05. The van der Waals surface area contributed by atoms with Gasteiger partial charge in [-0.1, -0.05) is 67.1 Å². The van der Waals surface area contributed by atoms with Gasteiger partial charge >= 0.3 is 5.69 Å². The first-order valence-corrected chi connectivity index (χ1v) is 12.4. The average molecular weight is 520 g/mol. The molecular weight excluding hydrogens is 486 g/mol. The molecule has 0 aliphatic carbocycles. The van der Waals surface area contributed by atoms with Crippen LogP contribution in [-0.2, 0) is 22.6 Å². The van der Waals surface area contributed by atoms with Crippen molar-refractivity contribution in [2.75, 3.05) is 20.3 Å². The molecule has 0 bridgehead atoms. The number of rotatable bonds is 13. The number of hydrogen-bond acceptors (Lipinski definition) is 6. The minimum absolute atomic E-state index is 0.0254. The third kappa shape index (κ3) is 7.80. The van der Waals surface area contributed by atoms with Gasteiger partial charge in [-0.15, -0.1) is 0 Å². The lowest BCUT2D eigenvalue weighted by atomic mass is 10.0. The number of nitrogens with zero attached hydrogens (tertiary/aromatic N) is 2. The number of aryl methyl sites for hydroxylation is 1. The van der Waals surface area contributed by atoms with Crippen molar-refractivity contribution in [2.24, 2.45) is 0 Å². The van der Waals surface area contributed by atoms with Gasteiger partial charge in [-0.25, -0.2) is 0 Å². The summed E-state index contributed by atoms with van der Waals surface area (Å²) in [6, 6.07) is 20.6. The van der Waals surface area contributed by atoms with Crippen LogP contribution >= 0.6 is 0 Å². The van der Waals surface area contributed by atoms with E-state index >= 15 is 0 Å². The van der Waals surface area contributed by atoms with Gasteiger partial charge in [0, 0.05) is 31.6 Å². The normalized spacial score (nSPS) is 11.3. The second-order valence-electron chi connectivity index (χ2n) is 8.89. The molecule has 1 atom stereocenters. The van der Waals surface area contributed by atoms with Crippen LogP contribution in [0.2, 0.25) is 0 Å². The van der Waals surface area contributed by atoms with Gasteiger partial charge in [-0.2, -0.15) is 0 Å². The van der Waals surface area contributed by atoms with Crippen LogP contribution in [0.15, 0.2) is 72.8 Å². The van der Waals surface area contributed by atoms with E-state index in [1.807, 2.05) is 68.4 Å². The van der Waals surface area contributed by atoms with Gasteiger partial charge in [0.15, 0.2) is 6.61 Å². The Balaban J connectivity index is 1.90. The Labute approximate surface area is 222 Å². The van der Waals surface area contributed by atoms with Crippen LogP contribution < -0.4 is 14.8 Å². The zero-order valence-corrected chi connectivity index (χ0v) is 21.9. The molecule has 0 aliphatic heterocycles. The predicted molar refractivity (Wildman–Crippen MR) is 144 cm³/mol. The van der Waals surface area contributed by atoms with E-state index in [0.717, 1.165) is 23.1 Å². The average Bonchev–Trinajstić information content (AvgIpc) is 2.92. The maximum absolute atomic E-state index is 13.6. The van der Waals surface area contributed by atoms with Crippen molar-refractivity contribution in [2.45, 2.75) is 39.3 Å². The highest BCUT2D eigenvalue weighted by Gasteiger charge is 2.30. The Bertz CT molecular complexity index is 1250. The molecule has 9 nitrogen and oxygen atoms in total. The third-order valence-corrected chi connectivity index (χ3v) is 5.97. The zero-order chi connectivity index (χ0) is 27.5. The summed E-state index contributed by atoms with van der Waals surface area (Å²) in [7, 11) is 1.32. The molecule has 2 amide bonds. The van der Waals surface area contributed by atoms with E-state index in [-0.39, 0.29) is 36.2 Å². The number of nitro benzene ring substituents is 1. The topological polar surface area (TPSA) is 111 Å². The lowest BCUT2D eigenvalue weighted by Gasteiger charge is -2.31. The number of nitrogens with one attached hydrogen (secondary N) is 1. The second-order valence-corrected chi connectivity index (χ2v) is 8.89. The Morgan fingerprint density at radius 2 is 1.76 bits per heavy atom. The number of carbonyl (C=O) groups excluding carboxylic acids is 2. The lowest BCUT2D eigenvalue weighted by molar-refractivity contribution is -0.385. The van der Waals surface area contributed by atoms with Crippen LogP contribution in [0.25, 0.3) is 0 Å². The molecule has 3 aromatic carbocycles. The highest BCUT2D eigenvalue weighted by atomic mass is 16.6. The molecule has 0 fully saturated rings. The number of hydrogen-bond donors (Lipinski definition) is 1. The van der Waals surface area contributed by atoms with E-state index in [4.69, 9.17) is 9.47 Å². The van der Waals surface area contributed by atoms with Gasteiger partial charge in [0.2, 0.25) is 11.7 Å². The van der Waals surface area contributed by atoms with Crippen molar-refractivity contribution in [1.82, 2.24) is 10.2 Å². The first-order chi connectivity index (χ1) is 18.3. The fourth-order valence-electron chi connectivity index (χ4n) is 4.05. The van der Waals surface area contributed by atoms with Gasteiger partial charge < -0.3 is 19.7 Å². The van der Waals surface area contributed by atoms with Gasteiger partial charge in [-0.05, 0) is 30.5 Å². The molecule has 3 aromatic rings. The summed E-state index contributed by atoms with van der Waals surface area (Å²) in [6.45, 7) is 4.28. The molecule has 1 N–H and O–H groups in total. The van der Waals surface area contributed by atoms with Crippen molar-refractivity contribution in [3.05, 3.63) is 99.6 Å². The van der Waals surface area contributed by atoms with E-state index in [9.17, 15) is 19.7 Å². The van der Waals surface area contributed by atoms with Crippen LogP contribution in [0, 0.1) is 17.0 Å². The Hall–Kier alpha value is -4.40. The fraction of sp³-hybridized carbons (Fsp3) is 0.310. The first kappa shape index (κ1) is 28.2. The van der Waals surface area contributed by atoms with Gasteiger partial charge in [0.05, 0.1) is 12.0 Å². The SMILES string of the molecule is CCCNC(=O)[C@H](Cc1ccccc1)N(Cc1cccc(C)c1)C(=O)COc1ccc([N+](=O)[O-])c(OC)c1. The van der Waals surface area contributed by atoms with Crippen molar-refractivity contribution >= 4 is 17.5 Å². The summed E-state index contributed by atoms with van der Waals surface area (Å²) in [5.41, 5.74) is 2.64. The summed E-state index contributed by atoms with van der Waals surface area (Å²) in [5.74, 6) is -0.367. The smallest absolute Gasteiger partial charge is 0.311 e. The quantitative estimate of drug-likeness (QED) is 0.264. The molecule has 0 saturated heterocycles. The first-order valence-electron chi connectivity index (χ1n) is 12.4. The summed E-state index contributed by atoms with van der Waals surface area (Å²) >= 11 is 0. The van der Waals surface area contributed by atoms with E-state index in [1.54, 1.807) is 0 Å². The molecule has 3 rings (SSSR count). The molecule has 0 saturated carbocycles. The Morgan fingerprint density at radius 1 is 1.03 bits per heavy atom. The molecule has 0 radical (unpaired) electrons. The van der Waals surface area contributed by atoms with Gasteiger partial charge in [0.25, 0.3) is 5.91 Å². The van der Waals surface area contributed by atoms with Gasteiger partial charge in [-0.3, -0.25) is 19.7 Å². The summed E-state index contributed by atoms with van der Waals surface area (Å²) in [5, 5.41) is 14.1. The maximum atomic E-state index is 13.6. The molecule has 0 heterocycles. The van der Waals surface area contributed by atoms with E-state index in [1.165, 1.54) is 30.2 Å². The highest BCUT2D eigenvalue weighted by molar-refractivity contribution is 5.88. The largest absolute Gasteiger partial charge is 0.490 e. The predicted octanol–water partition coefficient (Wildman–Crippen LogP) is 4.46. The van der Waals surface area contributed by atoms with Crippen LogP contribution in [0.5, 0.6) is 11.5 Å². The zero-order valence-electron chi connectivity index (χ0n) is 21.9. The molecule has 200 valence electrons. The number of methoxy groups -OCH3 is 1. The molecule has 0 aliphatic rings. The maximum Gasteiger partial charge on any atom is 0.311 e. The van der Waals surface area contributed by atoms with Crippen molar-refractivity contribution < 1.29 is 24.0 Å². The van der Waals surface area contributed by atoms with Crippen LogP contribution in [0.3, 0.4) is 0 Å². The molecule has 0 spiro atoms. The standard InChI is InChI=1S/C29H33N3O6/c1-4-15-30-29(34)26(17-22-10-6-5-7-11-22)31(19-23-12-8-9-21(2)16-23)28(33)20-38-24-13-14-25(32(35)36)27(18-24)37-3/h5-14,16,18,26H,4,15,17,19-20H2,1-3H3,(H,30,34)/t26-/m0/s1. The number of amides is 2. The number of carbonyl (C=O) groups is 2. The van der Waals surface area contributed by atoms with Crippen molar-refractivity contribution in [3.8, 4) is 11.5 Å². The minimum atomic E-state index is -0.771. The summed E-state index contributed by atoms with van der Waals surface area (Å²) in [6.07, 6.45) is 1.10. The van der Waals surface area contributed by atoms with Crippen LogP contribution in [0.4, 0.5) is 5.69 Å². The van der Waals surface area contributed by atoms with Crippen molar-refractivity contribution in [1.29, 1.82) is 0 Å². The number of nitro groups is 1. The third-order valence-electron chi connectivity index (χ3n) is 5.97. The summed E-state index contributed by atoms with van der Waals surface area (Å²) < 4.78 is 10.8. The Kier molecular flexibility index (Phi) is 10.2. The molecule has 0 aromatic heterocycles. The van der Waals surface area contributed by atoms with Crippen LogP contribution in [-0.4, -0.2) is 47.9 Å². The van der Waals surface area contributed by atoms with Crippen LogP contribution in [0.1, 0.15) is 30.0 Å². The van der Waals surface area contributed by atoms with E-state index in [2.05, 4.69) is 5.32 Å². The monoisotopic (exact) mass is 519 g/mol. The lowest BCUT2D eigenvalue weighted by Crippen LogP contribution is -2.51. The summed E-state index contributed by atoms with van der Waals surface area (Å²) in [4.78, 5) is 39.1. The molecular formula is C29H33N3O6. The number of ether oxygens (including phenoxy) is 2. The molecule has 9 heteroatoms. The second kappa shape index (κ2) is 13.8. The van der Waals surface area contributed by atoms with Crippen molar-refractivity contribution in [3.63, 3.8) is 0 Å². The molecule has 38 heavy (non-hydrogen) atoms.